The molecule has 0 aliphatic rings. The highest BCUT2D eigenvalue weighted by Crippen LogP contribution is 2.17. The quantitative estimate of drug-likeness (QED) is 0.732. The van der Waals surface area contributed by atoms with E-state index in [-0.39, 0.29) is 11.1 Å². The molecule has 0 saturated heterocycles. The molecule has 0 amide bonds. The van der Waals surface area contributed by atoms with Gasteiger partial charge in [0.15, 0.2) is 5.82 Å². The molecule has 0 aliphatic carbocycles. The van der Waals surface area contributed by atoms with Gasteiger partial charge in [-0.3, -0.25) is 4.79 Å². The highest BCUT2D eigenvalue weighted by atomic mass is 35.5. The summed E-state index contributed by atoms with van der Waals surface area (Å²) < 4.78 is 1.50. The van der Waals surface area contributed by atoms with Gasteiger partial charge in [0.2, 0.25) is 0 Å². The molecule has 1 rings (SSSR count). The Kier molecular flexibility index (Phi) is 3.39. The second-order valence-corrected chi connectivity index (χ2v) is 4.44. The van der Waals surface area contributed by atoms with Crippen molar-refractivity contribution in [3.8, 4) is 0 Å². The van der Waals surface area contributed by atoms with Gasteiger partial charge >= 0.3 is 0 Å². The fraction of sp³-hybridized carbons (Fsp3) is 0.600. The molecule has 4 nitrogen and oxygen atoms in total. The Labute approximate surface area is 94.5 Å². The van der Waals surface area contributed by atoms with Crippen molar-refractivity contribution >= 4 is 17.4 Å². The van der Waals surface area contributed by atoms with Crippen LogP contribution in [0.1, 0.15) is 13.8 Å². The molecule has 5 heteroatoms. The fourth-order valence-electron chi connectivity index (χ4n) is 1.09. The molecular formula is C10H16ClN3O. The van der Waals surface area contributed by atoms with Gasteiger partial charge in [0.25, 0.3) is 5.56 Å². The van der Waals surface area contributed by atoms with Crippen molar-refractivity contribution in [2.24, 2.45) is 7.05 Å². The number of anilines is 1. The van der Waals surface area contributed by atoms with Crippen LogP contribution in [0.3, 0.4) is 0 Å². The highest BCUT2D eigenvalue weighted by molar-refractivity contribution is 6.18. The Bertz CT molecular complexity index is 400. The van der Waals surface area contributed by atoms with E-state index in [1.807, 2.05) is 25.8 Å². The lowest BCUT2D eigenvalue weighted by atomic mass is 10.1. The van der Waals surface area contributed by atoms with Crippen molar-refractivity contribution < 1.29 is 0 Å². The molecule has 0 atom stereocenters. The summed E-state index contributed by atoms with van der Waals surface area (Å²) in [7, 11) is 3.53. The maximum absolute atomic E-state index is 11.8. The number of hydrogen-bond donors (Lipinski definition) is 0. The van der Waals surface area contributed by atoms with E-state index < -0.39 is 0 Å². The number of nitrogens with zero attached hydrogens (tertiary/aromatic N) is 3. The lowest BCUT2D eigenvalue weighted by Gasteiger charge is -2.34. The zero-order chi connectivity index (χ0) is 11.6. The van der Waals surface area contributed by atoms with E-state index >= 15 is 0 Å². The molecule has 1 aromatic rings. The summed E-state index contributed by atoms with van der Waals surface area (Å²) in [6, 6.07) is 0. The number of hydrogen-bond acceptors (Lipinski definition) is 3. The molecule has 0 fully saturated rings. The zero-order valence-electron chi connectivity index (χ0n) is 9.49. The minimum Gasteiger partial charge on any atom is -0.349 e. The van der Waals surface area contributed by atoms with Crippen LogP contribution in [0.4, 0.5) is 5.82 Å². The summed E-state index contributed by atoms with van der Waals surface area (Å²) in [6.45, 7) is 3.93. The maximum Gasteiger partial charge on any atom is 0.293 e. The number of rotatable bonds is 3. The maximum atomic E-state index is 11.8. The van der Waals surface area contributed by atoms with Gasteiger partial charge in [-0.05, 0) is 13.8 Å². The average molecular weight is 230 g/mol. The molecule has 1 aromatic heterocycles. The van der Waals surface area contributed by atoms with E-state index in [9.17, 15) is 4.79 Å². The second-order valence-electron chi connectivity index (χ2n) is 4.17. The van der Waals surface area contributed by atoms with E-state index in [0.717, 1.165) is 0 Å². The van der Waals surface area contributed by atoms with Crippen LogP contribution in [0.5, 0.6) is 0 Å². The van der Waals surface area contributed by atoms with Crippen molar-refractivity contribution in [1.82, 2.24) is 9.55 Å². The predicted octanol–water partition coefficient (Wildman–Crippen LogP) is 1.23. The summed E-state index contributed by atoms with van der Waals surface area (Å²) in [6.07, 6.45) is 3.24. The van der Waals surface area contributed by atoms with Gasteiger partial charge in [-0.25, -0.2) is 4.98 Å². The SMILES string of the molecule is CN(c1nccn(C)c1=O)C(C)(C)CCl. The first kappa shape index (κ1) is 12.0. The van der Waals surface area contributed by atoms with Gasteiger partial charge in [0.05, 0.1) is 0 Å². The van der Waals surface area contributed by atoms with Crippen molar-refractivity contribution in [3.63, 3.8) is 0 Å². The lowest BCUT2D eigenvalue weighted by Crippen LogP contribution is -2.46. The molecule has 0 saturated carbocycles. The third-order valence-corrected chi connectivity index (χ3v) is 3.21. The minimum absolute atomic E-state index is 0.113. The van der Waals surface area contributed by atoms with Crippen LogP contribution in [0.25, 0.3) is 0 Å². The Morgan fingerprint density at radius 3 is 2.73 bits per heavy atom. The summed E-state index contributed by atoms with van der Waals surface area (Å²) in [5.74, 6) is 0.856. The minimum atomic E-state index is -0.290. The smallest absolute Gasteiger partial charge is 0.293 e. The Balaban J connectivity index is 3.18. The standard InChI is InChI=1S/C10H16ClN3O/c1-10(2,7-11)14(4)8-9(15)13(3)6-5-12-8/h5-6H,7H2,1-4H3. The van der Waals surface area contributed by atoms with E-state index in [1.54, 1.807) is 19.4 Å². The first-order valence-corrected chi connectivity index (χ1v) is 5.25. The lowest BCUT2D eigenvalue weighted by molar-refractivity contribution is 0.535. The van der Waals surface area contributed by atoms with Gasteiger partial charge in [-0.1, -0.05) is 0 Å². The fourth-order valence-corrected chi connectivity index (χ4v) is 1.27. The van der Waals surface area contributed by atoms with Crippen LogP contribution in [0.15, 0.2) is 17.2 Å². The van der Waals surface area contributed by atoms with Gasteiger partial charge in [0.1, 0.15) is 0 Å². The molecule has 0 aliphatic heterocycles. The Morgan fingerprint density at radius 2 is 2.20 bits per heavy atom. The number of halogens is 1. The predicted molar refractivity (Wildman–Crippen MR) is 62.7 cm³/mol. The normalized spacial score (nSPS) is 11.5. The molecule has 15 heavy (non-hydrogen) atoms. The van der Waals surface area contributed by atoms with Gasteiger partial charge in [0, 0.05) is 37.9 Å². The topological polar surface area (TPSA) is 38.1 Å². The van der Waals surface area contributed by atoms with Crippen LogP contribution in [-0.2, 0) is 7.05 Å². The van der Waals surface area contributed by atoms with Crippen molar-refractivity contribution in [2.45, 2.75) is 19.4 Å². The number of aryl methyl sites for hydroxylation is 1. The Hall–Kier alpha value is -1.03. The highest BCUT2D eigenvalue weighted by Gasteiger charge is 2.25. The first-order valence-electron chi connectivity index (χ1n) is 4.71. The largest absolute Gasteiger partial charge is 0.349 e. The third-order valence-electron chi connectivity index (χ3n) is 2.55. The van der Waals surface area contributed by atoms with Crippen molar-refractivity contribution in [3.05, 3.63) is 22.7 Å². The zero-order valence-corrected chi connectivity index (χ0v) is 10.2. The van der Waals surface area contributed by atoms with Gasteiger partial charge < -0.3 is 9.47 Å². The molecule has 84 valence electrons. The molecule has 0 N–H and O–H groups in total. The van der Waals surface area contributed by atoms with Crippen molar-refractivity contribution in [1.29, 1.82) is 0 Å². The Morgan fingerprint density at radius 1 is 1.60 bits per heavy atom. The summed E-state index contributed by atoms with van der Waals surface area (Å²) in [4.78, 5) is 17.7. The summed E-state index contributed by atoms with van der Waals surface area (Å²) in [5, 5.41) is 0. The van der Waals surface area contributed by atoms with E-state index in [2.05, 4.69) is 4.98 Å². The molecule has 0 bridgehead atoms. The average Bonchev–Trinajstić information content (AvgIpc) is 2.21. The second kappa shape index (κ2) is 4.23. The molecule has 0 radical (unpaired) electrons. The summed E-state index contributed by atoms with van der Waals surface area (Å²) in [5.41, 5.74) is -0.402. The van der Waals surface area contributed by atoms with Gasteiger partial charge in [-0.2, -0.15) is 0 Å². The van der Waals surface area contributed by atoms with E-state index in [1.165, 1.54) is 4.57 Å². The summed E-state index contributed by atoms with van der Waals surface area (Å²) >= 11 is 5.85. The van der Waals surface area contributed by atoms with Crippen LogP contribution < -0.4 is 10.5 Å². The monoisotopic (exact) mass is 229 g/mol. The molecule has 1 heterocycles. The molecule has 0 unspecified atom stereocenters. The number of aromatic nitrogens is 2. The third kappa shape index (κ3) is 2.31. The van der Waals surface area contributed by atoms with Gasteiger partial charge in [-0.15, -0.1) is 11.6 Å². The van der Waals surface area contributed by atoms with Crippen LogP contribution in [0.2, 0.25) is 0 Å². The first-order chi connectivity index (χ1) is 6.90. The van der Waals surface area contributed by atoms with E-state index in [4.69, 9.17) is 11.6 Å². The molecule has 0 aromatic carbocycles. The van der Waals surface area contributed by atoms with Crippen LogP contribution >= 0.6 is 11.6 Å². The van der Waals surface area contributed by atoms with Crippen molar-refractivity contribution in [2.75, 3.05) is 17.8 Å². The van der Waals surface area contributed by atoms with Crippen LogP contribution in [-0.4, -0.2) is 28.0 Å². The molecule has 0 spiro atoms. The number of alkyl halides is 1. The van der Waals surface area contributed by atoms with E-state index in [0.29, 0.717) is 11.7 Å². The van der Waals surface area contributed by atoms with Crippen LogP contribution in [0, 0.1) is 0 Å². The molecular weight excluding hydrogens is 214 g/mol.